The molecule has 0 radical (unpaired) electrons. The number of ether oxygens (including phenoxy) is 3. The predicted molar refractivity (Wildman–Crippen MR) is 69.4 cm³/mol. The zero-order valence-corrected chi connectivity index (χ0v) is 11.2. The molecule has 1 aromatic carbocycles. The molecule has 18 heavy (non-hydrogen) atoms. The van der Waals surface area contributed by atoms with Crippen molar-refractivity contribution in [3.05, 3.63) is 29.8 Å². The van der Waals surface area contributed by atoms with Crippen LogP contribution in [0.5, 0.6) is 5.75 Å². The Morgan fingerprint density at radius 1 is 1.22 bits per heavy atom. The topological polar surface area (TPSA) is 53.7 Å². The molecule has 4 nitrogen and oxygen atoms in total. The van der Waals surface area contributed by atoms with Crippen LogP contribution >= 0.6 is 0 Å². The summed E-state index contributed by atoms with van der Waals surface area (Å²) in [6.07, 6.45) is 0.173. The Morgan fingerprint density at radius 2 is 1.78 bits per heavy atom. The van der Waals surface area contributed by atoms with Crippen LogP contribution in [0.3, 0.4) is 0 Å². The molecule has 0 bridgehead atoms. The highest BCUT2D eigenvalue weighted by atomic mass is 16.7. The maximum atomic E-state index is 5.74. The molecule has 0 spiro atoms. The summed E-state index contributed by atoms with van der Waals surface area (Å²) in [4.78, 5) is 0. The lowest BCUT2D eigenvalue weighted by Crippen LogP contribution is -2.46. The van der Waals surface area contributed by atoms with E-state index in [0.29, 0.717) is 13.2 Å². The van der Waals surface area contributed by atoms with Crippen LogP contribution in [-0.2, 0) is 15.3 Å². The van der Waals surface area contributed by atoms with Crippen molar-refractivity contribution < 1.29 is 14.2 Å². The fraction of sp³-hybridized carbons (Fsp3) is 0.571. The Hall–Kier alpha value is -1.10. The maximum Gasteiger partial charge on any atom is 0.192 e. The minimum absolute atomic E-state index is 0.0402. The van der Waals surface area contributed by atoms with E-state index in [2.05, 4.69) is 0 Å². The summed E-state index contributed by atoms with van der Waals surface area (Å²) in [7, 11) is 0. The van der Waals surface area contributed by atoms with Crippen LogP contribution < -0.4 is 10.5 Å². The maximum absolute atomic E-state index is 5.74. The third-order valence-corrected chi connectivity index (χ3v) is 2.90. The predicted octanol–water partition coefficient (Wildman–Crippen LogP) is 2.02. The molecule has 1 aliphatic rings. The van der Waals surface area contributed by atoms with Crippen molar-refractivity contribution in [3.8, 4) is 5.75 Å². The van der Waals surface area contributed by atoms with Gasteiger partial charge in [0, 0.05) is 5.56 Å². The number of hydrogen-bond donors (Lipinski definition) is 1. The summed E-state index contributed by atoms with van der Waals surface area (Å²) in [6.45, 7) is 6.95. The number of rotatable bonds is 3. The van der Waals surface area contributed by atoms with Crippen LogP contribution in [0.1, 0.15) is 26.3 Å². The van der Waals surface area contributed by atoms with Crippen LogP contribution in [0.25, 0.3) is 0 Å². The molecule has 0 saturated carbocycles. The van der Waals surface area contributed by atoms with Gasteiger partial charge in [-0.25, -0.2) is 0 Å². The van der Waals surface area contributed by atoms with E-state index < -0.39 is 5.79 Å². The average molecular weight is 251 g/mol. The van der Waals surface area contributed by atoms with E-state index >= 15 is 0 Å². The van der Waals surface area contributed by atoms with Gasteiger partial charge in [0.15, 0.2) is 5.79 Å². The highest BCUT2D eigenvalue weighted by molar-refractivity contribution is 5.30. The van der Waals surface area contributed by atoms with Gasteiger partial charge in [-0.15, -0.1) is 0 Å². The van der Waals surface area contributed by atoms with Gasteiger partial charge in [0.2, 0.25) is 0 Å². The molecular weight excluding hydrogens is 230 g/mol. The molecule has 0 atom stereocenters. The largest absolute Gasteiger partial charge is 0.491 e. The zero-order chi connectivity index (χ0) is 13.2. The van der Waals surface area contributed by atoms with E-state index in [1.54, 1.807) is 0 Å². The van der Waals surface area contributed by atoms with Crippen molar-refractivity contribution in [2.24, 2.45) is 5.73 Å². The van der Waals surface area contributed by atoms with Crippen molar-refractivity contribution in [2.45, 2.75) is 38.7 Å². The molecule has 1 fully saturated rings. The van der Waals surface area contributed by atoms with Gasteiger partial charge in [-0.2, -0.15) is 0 Å². The zero-order valence-electron chi connectivity index (χ0n) is 11.2. The minimum atomic E-state index is -0.702. The molecule has 0 unspecified atom stereocenters. The van der Waals surface area contributed by atoms with E-state index in [1.807, 2.05) is 45.0 Å². The number of benzene rings is 1. The van der Waals surface area contributed by atoms with Gasteiger partial charge in [-0.3, -0.25) is 0 Å². The highest BCUT2D eigenvalue weighted by Gasteiger charge is 2.33. The molecular formula is C14H21NO3. The van der Waals surface area contributed by atoms with Gasteiger partial charge >= 0.3 is 0 Å². The highest BCUT2D eigenvalue weighted by Crippen LogP contribution is 2.31. The summed E-state index contributed by atoms with van der Waals surface area (Å²) in [5, 5.41) is 0. The van der Waals surface area contributed by atoms with Gasteiger partial charge in [-0.05, 0) is 45.0 Å². The molecule has 0 aromatic heterocycles. The first-order valence-corrected chi connectivity index (χ1v) is 6.30. The summed E-state index contributed by atoms with van der Waals surface area (Å²) < 4.78 is 17.0. The minimum Gasteiger partial charge on any atom is -0.491 e. The Labute approximate surface area is 108 Å². The second kappa shape index (κ2) is 5.26. The van der Waals surface area contributed by atoms with Crippen LogP contribution in [-0.4, -0.2) is 25.4 Å². The lowest BCUT2D eigenvalue weighted by atomic mass is 10.1. The molecule has 2 N–H and O–H groups in total. The monoisotopic (exact) mass is 251 g/mol. The Kier molecular flexibility index (Phi) is 3.90. The SMILES string of the molecule is CC(C)Oc1ccc(C2(C)OCC(N)CO2)cc1. The van der Waals surface area contributed by atoms with E-state index in [0.717, 1.165) is 11.3 Å². The number of hydrogen-bond acceptors (Lipinski definition) is 4. The van der Waals surface area contributed by atoms with Crippen LogP contribution in [0.2, 0.25) is 0 Å². The van der Waals surface area contributed by atoms with E-state index in [1.165, 1.54) is 0 Å². The molecule has 1 saturated heterocycles. The van der Waals surface area contributed by atoms with Crippen molar-refractivity contribution in [3.63, 3.8) is 0 Å². The normalized spacial score (nSPS) is 28.4. The Balaban J connectivity index is 2.09. The third-order valence-electron chi connectivity index (χ3n) is 2.90. The molecule has 100 valence electrons. The van der Waals surface area contributed by atoms with Crippen LogP contribution in [0.4, 0.5) is 0 Å². The van der Waals surface area contributed by atoms with E-state index in [4.69, 9.17) is 19.9 Å². The molecule has 1 aliphatic heterocycles. The molecule has 1 aromatic rings. The lowest BCUT2D eigenvalue weighted by molar-refractivity contribution is -0.270. The van der Waals surface area contributed by atoms with Gasteiger partial charge in [0.25, 0.3) is 0 Å². The van der Waals surface area contributed by atoms with Crippen LogP contribution in [0.15, 0.2) is 24.3 Å². The van der Waals surface area contributed by atoms with Crippen molar-refractivity contribution in [1.29, 1.82) is 0 Å². The van der Waals surface area contributed by atoms with Crippen molar-refractivity contribution in [2.75, 3.05) is 13.2 Å². The van der Waals surface area contributed by atoms with Crippen molar-refractivity contribution >= 4 is 0 Å². The molecule has 0 aliphatic carbocycles. The lowest BCUT2D eigenvalue weighted by Gasteiger charge is -2.36. The first kappa shape index (κ1) is 13.3. The molecule has 4 heteroatoms. The first-order chi connectivity index (χ1) is 8.49. The standard InChI is InChI=1S/C14H21NO3/c1-10(2)18-13-6-4-11(5-7-13)14(3)16-8-12(15)9-17-14/h4-7,10,12H,8-9,15H2,1-3H3. The molecule has 1 heterocycles. The fourth-order valence-electron chi connectivity index (χ4n) is 1.90. The quantitative estimate of drug-likeness (QED) is 0.893. The summed E-state index contributed by atoms with van der Waals surface area (Å²) in [6, 6.07) is 7.76. The fourth-order valence-corrected chi connectivity index (χ4v) is 1.90. The van der Waals surface area contributed by atoms with E-state index in [9.17, 15) is 0 Å². The Bertz CT molecular complexity index is 381. The van der Waals surface area contributed by atoms with Crippen molar-refractivity contribution in [1.82, 2.24) is 0 Å². The third kappa shape index (κ3) is 3.02. The number of nitrogens with two attached hydrogens (primary N) is 1. The molecule has 2 rings (SSSR count). The summed E-state index contributed by atoms with van der Waals surface area (Å²) >= 11 is 0. The van der Waals surface area contributed by atoms with Gasteiger partial charge < -0.3 is 19.9 Å². The van der Waals surface area contributed by atoms with Gasteiger partial charge in [0.05, 0.1) is 25.4 Å². The molecule has 0 amide bonds. The van der Waals surface area contributed by atoms with Crippen LogP contribution in [0, 0.1) is 0 Å². The van der Waals surface area contributed by atoms with Gasteiger partial charge in [-0.1, -0.05) is 0 Å². The second-order valence-electron chi connectivity index (χ2n) is 5.02. The average Bonchev–Trinajstić information content (AvgIpc) is 2.33. The smallest absolute Gasteiger partial charge is 0.192 e. The Morgan fingerprint density at radius 3 is 2.28 bits per heavy atom. The van der Waals surface area contributed by atoms with Gasteiger partial charge in [0.1, 0.15) is 5.75 Å². The summed E-state index contributed by atoms with van der Waals surface area (Å²) in [5.74, 6) is 0.150. The van der Waals surface area contributed by atoms with E-state index in [-0.39, 0.29) is 12.1 Å². The second-order valence-corrected chi connectivity index (χ2v) is 5.02. The first-order valence-electron chi connectivity index (χ1n) is 6.30. The summed E-state index contributed by atoms with van der Waals surface area (Å²) in [5.41, 5.74) is 6.72.